The van der Waals surface area contributed by atoms with Gasteiger partial charge >= 0.3 is 5.97 Å². The van der Waals surface area contributed by atoms with Crippen molar-refractivity contribution in [1.29, 1.82) is 0 Å². The second-order valence-electron chi connectivity index (χ2n) is 9.28. The number of fused-ring (bicyclic) bond motifs is 1. The van der Waals surface area contributed by atoms with Gasteiger partial charge in [-0.1, -0.05) is 24.3 Å². The van der Waals surface area contributed by atoms with Gasteiger partial charge < -0.3 is 26.0 Å². The zero-order valence-electron chi connectivity index (χ0n) is 21.9. The van der Waals surface area contributed by atoms with Crippen LogP contribution in [0.4, 0.5) is 21.5 Å². The highest BCUT2D eigenvalue weighted by molar-refractivity contribution is 6.37. The Labute approximate surface area is 226 Å². The largest absolute Gasteiger partial charge is 0.481 e. The first-order valence-corrected chi connectivity index (χ1v) is 12.7. The summed E-state index contributed by atoms with van der Waals surface area (Å²) in [6.45, 7) is 2.91. The number of hydrogen-bond donors (Lipinski definition) is 4. The minimum atomic E-state index is -0.871. The van der Waals surface area contributed by atoms with E-state index in [1.807, 2.05) is 55.6 Å². The van der Waals surface area contributed by atoms with E-state index in [1.54, 1.807) is 11.0 Å². The normalized spacial score (nSPS) is 13.5. The molecule has 0 saturated heterocycles. The quantitative estimate of drug-likeness (QED) is 0.211. The second kappa shape index (κ2) is 12.4. The van der Waals surface area contributed by atoms with E-state index in [-0.39, 0.29) is 18.2 Å². The molecule has 9 heteroatoms. The summed E-state index contributed by atoms with van der Waals surface area (Å²) < 4.78 is 13.9. The maximum Gasteiger partial charge on any atom is 0.303 e. The fourth-order valence-corrected chi connectivity index (χ4v) is 4.51. The summed E-state index contributed by atoms with van der Waals surface area (Å²) in [6, 6.07) is 18.8. The van der Waals surface area contributed by atoms with Gasteiger partial charge in [-0.05, 0) is 80.0 Å². The van der Waals surface area contributed by atoms with Gasteiger partial charge in [0, 0.05) is 36.8 Å². The van der Waals surface area contributed by atoms with E-state index in [2.05, 4.69) is 16.0 Å². The number of carbonyl (C=O) groups excluding carboxylic acids is 2. The highest BCUT2D eigenvalue weighted by Crippen LogP contribution is 2.38. The number of hydrogen-bond acceptors (Lipinski definition) is 5. The molecule has 3 aromatic rings. The lowest BCUT2D eigenvalue weighted by atomic mass is 9.98. The minimum Gasteiger partial charge on any atom is -0.481 e. The maximum atomic E-state index is 13.9. The third kappa shape index (κ3) is 6.69. The number of halogens is 1. The van der Waals surface area contributed by atoms with Crippen LogP contribution in [0, 0.1) is 5.82 Å². The lowest BCUT2D eigenvalue weighted by Gasteiger charge is -2.22. The molecule has 0 saturated carbocycles. The first-order valence-electron chi connectivity index (χ1n) is 12.7. The number of carboxylic acid groups (broad SMARTS) is 1. The Morgan fingerprint density at radius 3 is 2.38 bits per heavy atom. The molecule has 0 atom stereocenters. The smallest absolute Gasteiger partial charge is 0.303 e. The highest BCUT2D eigenvalue weighted by atomic mass is 19.1. The van der Waals surface area contributed by atoms with E-state index < -0.39 is 11.8 Å². The Morgan fingerprint density at radius 2 is 1.74 bits per heavy atom. The summed E-state index contributed by atoms with van der Waals surface area (Å²) in [5.41, 5.74) is 4.87. The SMILES string of the molecule is CNCCCN(C(C)=O)c1ccc(NC(=C2C(=O)Nc3cc(F)ccc32)c2ccc(CCC(=O)O)cc2)cc1. The molecule has 2 amide bonds. The summed E-state index contributed by atoms with van der Waals surface area (Å²) in [5, 5.41) is 18.2. The van der Waals surface area contributed by atoms with E-state index >= 15 is 0 Å². The molecule has 1 aliphatic rings. The third-order valence-corrected chi connectivity index (χ3v) is 6.48. The van der Waals surface area contributed by atoms with E-state index in [9.17, 15) is 18.8 Å². The van der Waals surface area contributed by atoms with Gasteiger partial charge in [-0.15, -0.1) is 0 Å². The van der Waals surface area contributed by atoms with Crippen molar-refractivity contribution in [3.8, 4) is 0 Å². The standard InChI is InChI=1S/C30H31FN4O4/c1-19(36)35(17-3-16-32-2)24-12-10-23(11-13-24)33-29(21-7-4-20(5-8-21)6-15-27(37)38)28-25-14-9-22(31)18-26(25)34-30(28)39/h4-5,7-14,18,32-33H,3,6,15-17H2,1-2H3,(H,34,39)(H,37,38). The molecule has 8 nitrogen and oxygen atoms in total. The molecule has 0 fully saturated rings. The fourth-order valence-electron chi connectivity index (χ4n) is 4.51. The number of rotatable bonds is 11. The number of anilines is 3. The van der Waals surface area contributed by atoms with Crippen molar-refractivity contribution in [1.82, 2.24) is 5.32 Å². The van der Waals surface area contributed by atoms with Crippen molar-refractivity contribution in [2.45, 2.75) is 26.2 Å². The number of amides is 2. The molecular formula is C30H31FN4O4. The van der Waals surface area contributed by atoms with E-state index in [0.717, 1.165) is 24.2 Å². The molecule has 4 N–H and O–H groups in total. The van der Waals surface area contributed by atoms with Crippen LogP contribution in [0.1, 0.15) is 36.5 Å². The van der Waals surface area contributed by atoms with Crippen molar-refractivity contribution >= 4 is 46.1 Å². The van der Waals surface area contributed by atoms with Crippen LogP contribution >= 0.6 is 0 Å². The van der Waals surface area contributed by atoms with Gasteiger partial charge in [0.25, 0.3) is 5.91 Å². The summed E-state index contributed by atoms with van der Waals surface area (Å²) in [5.74, 6) is -1.74. The van der Waals surface area contributed by atoms with Crippen molar-refractivity contribution < 1.29 is 23.9 Å². The Morgan fingerprint density at radius 1 is 1.03 bits per heavy atom. The fraction of sp³-hybridized carbons (Fsp3) is 0.233. The molecule has 1 aliphatic heterocycles. The molecule has 202 valence electrons. The van der Waals surface area contributed by atoms with Gasteiger partial charge in [-0.2, -0.15) is 0 Å². The lowest BCUT2D eigenvalue weighted by Crippen LogP contribution is -2.31. The van der Waals surface area contributed by atoms with Crippen molar-refractivity contribution in [3.63, 3.8) is 0 Å². The van der Waals surface area contributed by atoms with Gasteiger partial charge in [0.2, 0.25) is 5.91 Å². The average molecular weight is 531 g/mol. The minimum absolute atomic E-state index is 0.0193. The van der Waals surface area contributed by atoms with Crippen molar-refractivity contribution in [2.24, 2.45) is 0 Å². The lowest BCUT2D eigenvalue weighted by molar-refractivity contribution is -0.137. The summed E-state index contributed by atoms with van der Waals surface area (Å²) in [4.78, 5) is 38.0. The van der Waals surface area contributed by atoms with Crippen molar-refractivity contribution in [2.75, 3.05) is 35.7 Å². The predicted octanol–water partition coefficient (Wildman–Crippen LogP) is 4.74. The Kier molecular flexibility index (Phi) is 8.73. The monoisotopic (exact) mass is 530 g/mol. The predicted molar refractivity (Wildman–Crippen MR) is 151 cm³/mol. The molecule has 1 heterocycles. The first kappa shape index (κ1) is 27.5. The molecule has 0 aliphatic carbocycles. The molecule has 0 unspecified atom stereocenters. The number of carbonyl (C=O) groups is 3. The van der Waals surface area contributed by atoms with Gasteiger partial charge in [-0.25, -0.2) is 4.39 Å². The van der Waals surface area contributed by atoms with E-state index in [1.165, 1.54) is 19.1 Å². The molecular weight excluding hydrogens is 499 g/mol. The first-order chi connectivity index (χ1) is 18.8. The molecule has 4 rings (SSSR count). The molecule has 0 bridgehead atoms. The number of nitrogens with zero attached hydrogens (tertiary/aromatic N) is 1. The number of aryl methyl sites for hydroxylation is 1. The van der Waals surface area contributed by atoms with Gasteiger partial charge in [0.1, 0.15) is 5.82 Å². The Hall–Kier alpha value is -4.50. The molecule has 0 spiro atoms. The highest BCUT2D eigenvalue weighted by Gasteiger charge is 2.29. The number of nitrogens with one attached hydrogen (secondary N) is 3. The van der Waals surface area contributed by atoms with Crippen LogP contribution in [0.25, 0.3) is 11.3 Å². The Bertz CT molecular complexity index is 1400. The van der Waals surface area contributed by atoms with Crippen LogP contribution in [0.5, 0.6) is 0 Å². The maximum absolute atomic E-state index is 13.9. The molecule has 0 radical (unpaired) electrons. The molecule has 0 aromatic heterocycles. The topological polar surface area (TPSA) is 111 Å². The summed E-state index contributed by atoms with van der Waals surface area (Å²) in [6.07, 6.45) is 1.22. The Balaban J connectivity index is 1.69. The van der Waals surface area contributed by atoms with Gasteiger partial charge in [-0.3, -0.25) is 14.4 Å². The zero-order chi connectivity index (χ0) is 27.9. The van der Waals surface area contributed by atoms with Gasteiger partial charge in [0.05, 0.1) is 17.0 Å². The number of carboxylic acids is 1. The van der Waals surface area contributed by atoms with E-state index in [0.29, 0.717) is 46.7 Å². The molecule has 39 heavy (non-hydrogen) atoms. The number of benzene rings is 3. The summed E-state index contributed by atoms with van der Waals surface area (Å²) >= 11 is 0. The molecule has 3 aromatic carbocycles. The summed E-state index contributed by atoms with van der Waals surface area (Å²) in [7, 11) is 1.87. The average Bonchev–Trinajstić information content (AvgIpc) is 3.23. The third-order valence-electron chi connectivity index (χ3n) is 6.48. The van der Waals surface area contributed by atoms with Crippen LogP contribution in [0.3, 0.4) is 0 Å². The van der Waals surface area contributed by atoms with Crippen LogP contribution in [-0.4, -0.2) is 43.0 Å². The van der Waals surface area contributed by atoms with Gasteiger partial charge in [0.15, 0.2) is 0 Å². The van der Waals surface area contributed by atoms with Crippen molar-refractivity contribution in [3.05, 3.63) is 89.2 Å². The van der Waals surface area contributed by atoms with Crippen LogP contribution in [-0.2, 0) is 20.8 Å². The van der Waals surface area contributed by atoms with Crippen LogP contribution < -0.4 is 20.9 Å². The van der Waals surface area contributed by atoms with E-state index in [4.69, 9.17) is 5.11 Å². The second-order valence-corrected chi connectivity index (χ2v) is 9.28. The van der Waals surface area contributed by atoms with Crippen LogP contribution in [0.2, 0.25) is 0 Å². The van der Waals surface area contributed by atoms with Crippen LogP contribution in [0.15, 0.2) is 66.7 Å². The number of aliphatic carboxylic acids is 1. The zero-order valence-corrected chi connectivity index (χ0v) is 21.9.